The predicted molar refractivity (Wildman–Crippen MR) is 120 cm³/mol. The van der Waals surface area contributed by atoms with E-state index in [9.17, 15) is 0 Å². The van der Waals surface area contributed by atoms with E-state index >= 15 is 0 Å². The first kappa shape index (κ1) is 21.9. The number of nitrogens with zero attached hydrogens (tertiary/aromatic N) is 1. The molecule has 0 N–H and O–H groups in total. The van der Waals surface area contributed by atoms with Crippen LogP contribution in [0.1, 0.15) is 58.2 Å². The third-order valence-corrected chi connectivity index (χ3v) is 5.70. The third-order valence-electron chi connectivity index (χ3n) is 5.70. The van der Waals surface area contributed by atoms with Crippen LogP contribution in [0, 0.1) is 17.8 Å². The van der Waals surface area contributed by atoms with Gasteiger partial charge in [-0.25, -0.2) is 0 Å². The largest absolute Gasteiger partial charge is 0.256 e. The van der Waals surface area contributed by atoms with E-state index in [0.717, 1.165) is 22.4 Å². The van der Waals surface area contributed by atoms with Gasteiger partial charge < -0.3 is 0 Å². The Morgan fingerprint density at radius 3 is 1.70 bits per heavy atom. The monoisotopic (exact) mass is 349 g/mol. The molecule has 1 heterocycles. The van der Waals surface area contributed by atoms with E-state index < -0.39 is 21.3 Å². The van der Waals surface area contributed by atoms with Gasteiger partial charge in [0.15, 0.2) is 0 Å². The Morgan fingerprint density at radius 1 is 0.741 bits per heavy atom. The fourth-order valence-electron chi connectivity index (χ4n) is 2.94. The molecule has 0 saturated carbocycles. The van der Waals surface area contributed by atoms with Gasteiger partial charge in [0, 0.05) is 11.8 Å². The summed E-state index contributed by atoms with van der Waals surface area (Å²) in [5, 5.41) is -2.28. The molecule has 0 fully saturated rings. The van der Waals surface area contributed by atoms with Crippen LogP contribution in [0.5, 0.6) is 0 Å². The van der Waals surface area contributed by atoms with Crippen LogP contribution in [-0.4, -0.2) is 36.4 Å². The Bertz CT molecular complexity index is 827. The van der Waals surface area contributed by atoms with E-state index in [1.54, 1.807) is 6.20 Å². The van der Waals surface area contributed by atoms with E-state index in [-0.39, 0.29) is 0 Å². The first-order chi connectivity index (χ1) is 12.1. The molecule has 0 saturated heterocycles. The zero-order chi connectivity index (χ0) is 20.8. The van der Waals surface area contributed by atoms with E-state index in [1.807, 2.05) is 65.8 Å². The topological polar surface area (TPSA) is 12.9 Å². The highest BCUT2D eigenvalue weighted by molar-refractivity contribution is 6.43. The third kappa shape index (κ3) is 3.93. The Hall–Kier alpha value is -1.37. The van der Waals surface area contributed by atoms with Gasteiger partial charge in [0.1, 0.15) is 0 Å². The number of aromatic nitrogens is 1. The molecule has 5 heteroatoms. The Labute approximate surface area is 170 Å². The standard InChI is InChI=1S/C22H27B4N/c1-14-10-8-9-11-15(14)18-12-16(21(23,24)19(2,3)4)17(13-27-18)22(25,26)20(5,6)7/h8-13H,1-7H3. The normalized spacial score (nSPS) is 13.6. The molecule has 1 aromatic carbocycles. The van der Waals surface area contributed by atoms with Crippen molar-refractivity contribution in [2.75, 3.05) is 0 Å². The molecule has 0 aliphatic carbocycles. The maximum atomic E-state index is 6.68. The molecule has 0 bridgehead atoms. The van der Waals surface area contributed by atoms with E-state index in [0.29, 0.717) is 5.56 Å². The van der Waals surface area contributed by atoms with Crippen molar-refractivity contribution in [3.05, 3.63) is 53.2 Å². The van der Waals surface area contributed by atoms with Crippen LogP contribution >= 0.6 is 0 Å². The molecule has 0 aliphatic rings. The summed E-state index contributed by atoms with van der Waals surface area (Å²) in [7, 11) is 26.6. The molecular weight excluding hydrogens is 321 g/mol. The lowest BCUT2D eigenvalue weighted by molar-refractivity contribution is 0.335. The van der Waals surface area contributed by atoms with Gasteiger partial charge >= 0.3 is 0 Å². The minimum Gasteiger partial charge on any atom is -0.256 e. The van der Waals surface area contributed by atoms with Gasteiger partial charge in [-0.1, -0.05) is 81.8 Å². The van der Waals surface area contributed by atoms with Crippen LogP contribution in [0.15, 0.2) is 36.5 Å². The van der Waals surface area contributed by atoms with Crippen LogP contribution in [0.2, 0.25) is 0 Å². The number of aryl methyl sites for hydroxylation is 1. The van der Waals surface area contributed by atoms with Crippen molar-refractivity contribution >= 4 is 31.4 Å². The van der Waals surface area contributed by atoms with Crippen molar-refractivity contribution in [1.29, 1.82) is 0 Å². The van der Waals surface area contributed by atoms with Gasteiger partial charge in [0.2, 0.25) is 0 Å². The second kappa shape index (κ2) is 6.90. The SMILES string of the molecule is [B]C([B])(c1cnc(-c2ccccc2C)cc1C([B])([B])C(C)(C)C)C(C)(C)C. The first-order valence-electron chi connectivity index (χ1n) is 9.33. The van der Waals surface area contributed by atoms with Crippen molar-refractivity contribution < 1.29 is 0 Å². The highest BCUT2D eigenvalue weighted by atomic mass is 14.7. The van der Waals surface area contributed by atoms with Crippen molar-refractivity contribution in [3.63, 3.8) is 0 Å². The molecular formula is C22H27B4N. The minimum absolute atomic E-state index is 0.415. The molecule has 1 aromatic heterocycles. The molecule has 0 unspecified atom stereocenters. The van der Waals surface area contributed by atoms with Gasteiger partial charge in [0.05, 0.1) is 37.1 Å². The lowest BCUT2D eigenvalue weighted by atomic mass is 9.35. The second-order valence-corrected chi connectivity index (χ2v) is 9.67. The summed E-state index contributed by atoms with van der Waals surface area (Å²) in [5.74, 6) is 0. The van der Waals surface area contributed by atoms with Crippen LogP contribution < -0.4 is 0 Å². The number of hydrogen-bond acceptors (Lipinski definition) is 1. The van der Waals surface area contributed by atoms with E-state index in [1.165, 1.54) is 0 Å². The highest BCUT2D eigenvalue weighted by Gasteiger charge is 2.41. The average Bonchev–Trinajstić information content (AvgIpc) is 2.52. The van der Waals surface area contributed by atoms with Gasteiger partial charge in [-0.05, 0) is 34.9 Å². The molecule has 0 spiro atoms. The summed E-state index contributed by atoms with van der Waals surface area (Å²) in [6.45, 7) is 14.1. The summed E-state index contributed by atoms with van der Waals surface area (Å²) in [4.78, 5) is 4.67. The number of hydrogen-bond donors (Lipinski definition) is 0. The van der Waals surface area contributed by atoms with Crippen LogP contribution in [-0.2, 0) is 10.4 Å². The summed E-state index contributed by atoms with van der Waals surface area (Å²) in [5.41, 5.74) is 3.53. The zero-order valence-corrected chi connectivity index (χ0v) is 17.7. The smallest absolute Gasteiger partial charge is 0.0707 e. The van der Waals surface area contributed by atoms with Gasteiger partial charge in [-0.15, -0.1) is 0 Å². The lowest BCUT2D eigenvalue weighted by Gasteiger charge is -2.48. The molecule has 2 aromatic rings. The lowest BCUT2D eigenvalue weighted by Crippen LogP contribution is -2.47. The molecule has 0 amide bonds. The second-order valence-electron chi connectivity index (χ2n) is 9.67. The van der Waals surface area contributed by atoms with Crippen LogP contribution in [0.3, 0.4) is 0 Å². The molecule has 1 nitrogen and oxygen atoms in total. The van der Waals surface area contributed by atoms with Gasteiger partial charge in [-0.3, -0.25) is 4.98 Å². The summed E-state index contributed by atoms with van der Waals surface area (Å²) in [6, 6.07) is 10.0. The van der Waals surface area contributed by atoms with E-state index in [4.69, 9.17) is 31.4 Å². The number of pyridine rings is 1. The predicted octanol–water partition coefficient (Wildman–Crippen LogP) is 4.13. The first-order valence-corrected chi connectivity index (χ1v) is 9.33. The zero-order valence-electron chi connectivity index (χ0n) is 17.7. The van der Waals surface area contributed by atoms with Crippen LogP contribution in [0.25, 0.3) is 11.3 Å². The summed E-state index contributed by atoms with van der Waals surface area (Å²) >= 11 is 0. The van der Waals surface area contributed by atoms with Gasteiger partial charge in [0.25, 0.3) is 0 Å². The Kier molecular flexibility index (Phi) is 5.61. The fraction of sp³-hybridized carbons (Fsp3) is 0.500. The van der Waals surface area contributed by atoms with E-state index in [2.05, 4.69) is 18.0 Å². The Morgan fingerprint density at radius 2 is 1.22 bits per heavy atom. The average molecular weight is 349 g/mol. The molecule has 132 valence electrons. The van der Waals surface area contributed by atoms with Crippen molar-refractivity contribution in [3.8, 4) is 11.3 Å². The summed E-state index contributed by atoms with van der Waals surface area (Å²) < 4.78 is 0. The number of benzene rings is 1. The highest BCUT2D eigenvalue weighted by Crippen LogP contribution is 2.45. The molecule has 0 aliphatic heterocycles. The summed E-state index contributed by atoms with van der Waals surface area (Å²) in [6.07, 6.45) is 1.74. The Balaban J connectivity index is 2.83. The maximum absolute atomic E-state index is 6.68. The molecule has 8 radical (unpaired) electrons. The molecule has 2 rings (SSSR count). The van der Waals surface area contributed by atoms with Crippen molar-refractivity contribution in [2.45, 2.75) is 58.9 Å². The molecule has 27 heavy (non-hydrogen) atoms. The van der Waals surface area contributed by atoms with Crippen molar-refractivity contribution in [1.82, 2.24) is 4.98 Å². The van der Waals surface area contributed by atoms with Crippen LogP contribution in [0.4, 0.5) is 0 Å². The van der Waals surface area contributed by atoms with Crippen molar-refractivity contribution in [2.24, 2.45) is 10.8 Å². The molecule has 0 atom stereocenters. The maximum Gasteiger partial charge on any atom is 0.0707 e. The fourth-order valence-corrected chi connectivity index (χ4v) is 2.94. The number of rotatable bonds is 3. The van der Waals surface area contributed by atoms with Gasteiger partial charge in [-0.2, -0.15) is 0 Å². The quantitative estimate of drug-likeness (QED) is 0.760. The minimum atomic E-state index is -1.14.